The lowest BCUT2D eigenvalue weighted by molar-refractivity contribution is -0.302. The van der Waals surface area contributed by atoms with E-state index in [1.807, 2.05) is 0 Å². The second-order valence-corrected chi connectivity index (χ2v) is 14.3. The Morgan fingerprint density at radius 1 is 0.508 bits per heavy atom. The lowest BCUT2D eigenvalue weighted by Crippen LogP contribution is -2.59. The topological polar surface area (TPSA) is 297 Å². The van der Waals surface area contributed by atoms with Crippen molar-refractivity contribution in [1.82, 2.24) is 15.5 Å². The van der Waals surface area contributed by atoms with E-state index in [1.165, 1.54) is 0 Å². The van der Waals surface area contributed by atoms with Crippen LogP contribution in [0, 0.1) is 0 Å². The summed E-state index contributed by atoms with van der Waals surface area (Å²) in [5, 5.41) is 83.2. The van der Waals surface area contributed by atoms with Crippen molar-refractivity contribution in [3.8, 4) is 0 Å². The molecule has 2 heterocycles. The Hall–Kier alpha value is -1.74. The first-order chi connectivity index (χ1) is 28.5. The summed E-state index contributed by atoms with van der Waals surface area (Å²) >= 11 is 0. The normalized spacial score (nSPS) is 27.3. The van der Waals surface area contributed by atoms with E-state index in [-0.39, 0.29) is 38.2 Å². The molecule has 0 aromatic heterocycles. The smallest absolute Gasteiger partial charge is 0.220 e. The number of hydrogen-bond acceptors (Lipinski definition) is 19. The SMILES string of the molecule is CCN(CCCCCC(=O)NCCOCCOCCO[C@H]1OC(CO)[C@@H](O)C(O)[C@H]1O)CCCCCC(=O)NCCOCCOCCO[C@H]1OC(CO)[C@@H](O)C(O)[C@H]1O. The summed E-state index contributed by atoms with van der Waals surface area (Å²) in [6.45, 7) is 7.14. The van der Waals surface area contributed by atoms with Gasteiger partial charge in [0.05, 0.1) is 79.3 Å². The van der Waals surface area contributed by atoms with Gasteiger partial charge in [-0.05, 0) is 45.3 Å². The van der Waals surface area contributed by atoms with E-state index in [0.717, 1.165) is 58.2 Å². The summed E-state index contributed by atoms with van der Waals surface area (Å²) in [6.07, 6.45) is -6.76. The number of carbonyl (C=O) groups is 2. The molecule has 0 aromatic carbocycles. The second kappa shape index (κ2) is 32.9. The van der Waals surface area contributed by atoms with Crippen molar-refractivity contribution < 1.29 is 88.3 Å². The molecule has 0 aromatic rings. The molecule has 10 atom stereocenters. The van der Waals surface area contributed by atoms with Gasteiger partial charge in [-0.3, -0.25) is 9.59 Å². The van der Waals surface area contributed by atoms with Gasteiger partial charge in [-0.25, -0.2) is 0 Å². The van der Waals surface area contributed by atoms with Crippen molar-refractivity contribution in [2.24, 2.45) is 0 Å². The van der Waals surface area contributed by atoms with Crippen LogP contribution in [0.4, 0.5) is 0 Å². The number of nitrogens with one attached hydrogen (secondary N) is 2. The molecule has 10 N–H and O–H groups in total. The first-order valence-corrected chi connectivity index (χ1v) is 20.9. The molecule has 2 aliphatic rings. The third-order valence-electron chi connectivity index (χ3n) is 9.80. The Morgan fingerprint density at radius 2 is 0.881 bits per heavy atom. The molecular weight excluding hydrogens is 786 g/mol. The van der Waals surface area contributed by atoms with Crippen LogP contribution in [0.15, 0.2) is 0 Å². The number of aliphatic hydroxyl groups excluding tert-OH is 8. The van der Waals surface area contributed by atoms with E-state index < -0.39 is 74.6 Å². The summed E-state index contributed by atoms with van der Waals surface area (Å²) in [4.78, 5) is 26.7. The molecule has 0 saturated carbocycles. The van der Waals surface area contributed by atoms with Crippen LogP contribution in [0.1, 0.15) is 58.3 Å². The Morgan fingerprint density at radius 3 is 1.25 bits per heavy atom. The van der Waals surface area contributed by atoms with Crippen LogP contribution >= 0.6 is 0 Å². The Bertz CT molecular complexity index is 989. The van der Waals surface area contributed by atoms with E-state index >= 15 is 0 Å². The van der Waals surface area contributed by atoms with Crippen molar-refractivity contribution in [2.75, 3.05) is 112 Å². The number of ether oxygens (including phenoxy) is 8. The van der Waals surface area contributed by atoms with Crippen LogP contribution in [0.25, 0.3) is 0 Å². The first kappa shape index (κ1) is 53.4. The predicted molar refractivity (Wildman–Crippen MR) is 208 cm³/mol. The van der Waals surface area contributed by atoms with Gasteiger partial charge in [0.25, 0.3) is 0 Å². The Balaban J connectivity index is 1.31. The zero-order chi connectivity index (χ0) is 43.3. The molecule has 348 valence electrons. The number of hydrogen-bond donors (Lipinski definition) is 10. The average Bonchev–Trinajstić information content (AvgIpc) is 3.23. The Kier molecular flexibility index (Phi) is 29.8. The molecule has 2 aliphatic heterocycles. The fourth-order valence-electron chi connectivity index (χ4n) is 6.23. The Labute approximate surface area is 347 Å². The number of rotatable bonds is 35. The second-order valence-electron chi connectivity index (χ2n) is 14.3. The number of aliphatic hydroxyl groups is 8. The zero-order valence-electron chi connectivity index (χ0n) is 34.6. The lowest BCUT2D eigenvalue weighted by Gasteiger charge is -2.39. The highest BCUT2D eigenvalue weighted by atomic mass is 16.7. The summed E-state index contributed by atoms with van der Waals surface area (Å²) in [6, 6.07) is 0. The molecule has 2 saturated heterocycles. The molecule has 2 rings (SSSR count). The maximum Gasteiger partial charge on any atom is 0.220 e. The van der Waals surface area contributed by atoms with Crippen molar-refractivity contribution in [2.45, 2.75) is 120 Å². The van der Waals surface area contributed by atoms with Crippen LogP contribution < -0.4 is 10.6 Å². The minimum atomic E-state index is -1.49. The van der Waals surface area contributed by atoms with E-state index in [9.17, 15) is 50.4 Å². The molecule has 21 heteroatoms. The van der Waals surface area contributed by atoms with Crippen molar-refractivity contribution >= 4 is 11.8 Å². The van der Waals surface area contributed by atoms with E-state index in [0.29, 0.717) is 65.6 Å². The minimum absolute atomic E-state index is 0.0115. The molecule has 0 aliphatic carbocycles. The van der Waals surface area contributed by atoms with Gasteiger partial charge in [0, 0.05) is 25.9 Å². The van der Waals surface area contributed by atoms with Crippen LogP contribution in [-0.2, 0) is 47.5 Å². The molecule has 21 nitrogen and oxygen atoms in total. The maximum absolute atomic E-state index is 12.1. The molecule has 0 spiro atoms. The molecule has 0 bridgehead atoms. The fourth-order valence-corrected chi connectivity index (χ4v) is 6.23. The average molecular weight is 860 g/mol. The van der Waals surface area contributed by atoms with E-state index in [4.69, 9.17) is 37.9 Å². The van der Waals surface area contributed by atoms with Gasteiger partial charge in [0.1, 0.15) is 48.8 Å². The maximum atomic E-state index is 12.1. The molecule has 2 amide bonds. The van der Waals surface area contributed by atoms with Crippen LogP contribution in [0.5, 0.6) is 0 Å². The highest BCUT2D eigenvalue weighted by Gasteiger charge is 2.45. The van der Waals surface area contributed by atoms with Crippen LogP contribution in [0.3, 0.4) is 0 Å². The highest BCUT2D eigenvalue weighted by Crippen LogP contribution is 2.23. The van der Waals surface area contributed by atoms with Crippen molar-refractivity contribution in [3.63, 3.8) is 0 Å². The summed E-state index contributed by atoms with van der Waals surface area (Å²) in [5.41, 5.74) is 0. The largest absolute Gasteiger partial charge is 0.394 e. The van der Waals surface area contributed by atoms with E-state index in [1.54, 1.807) is 0 Å². The van der Waals surface area contributed by atoms with Gasteiger partial charge in [0.2, 0.25) is 11.8 Å². The van der Waals surface area contributed by atoms with Crippen molar-refractivity contribution in [3.05, 3.63) is 0 Å². The zero-order valence-corrected chi connectivity index (χ0v) is 34.6. The highest BCUT2D eigenvalue weighted by molar-refractivity contribution is 5.76. The van der Waals surface area contributed by atoms with Crippen molar-refractivity contribution in [1.29, 1.82) is 0 Å². The quantitative estimate of drug-likeness (QED) is 0.0275. The monoisotopic (exact) mass is 859 g/mol. The standard InChI is InChI=1S/C38H73N3O18/c1-2-41(13-7-3-5-9-29(44)39-11-15-52-17-19-54-21-23-56-37-35(50)33(48)31(46)27(25-42)58-37)14-8-4-6-10-30(45)40-12-16-53-18-20-55-22-24-57-38-36(51)34(49)32(47)28(26-43)59-38/h27-28,31-38,42-43,46-51H,2-26H2,1H3,(H,39,44)(H,40,45)/t27?,28?,31-,32-,33?,34?,35-,36-,37+,38+/m1/s1. The summed E-state index contributed by atoms with van der Waals surface area (Å²) < 4.78 is 42.9. The number of unbranched alkanes of at least 4 members (excludes halogenated alkanes) is 4. The van der Waals surface area contributed by atoms with Gasteiger partial charge < -0.3 is 94.3 Å². The van der Waals surface area contributed by atoms with Gasteiger partial charge >= 0.3 is 0 Å². The fraction of sp³-hybridized carbons (Fsp3) is 0.947. The minimum Gasteiger partial charge on any atom is -0.394 e. The first-order valence-electron chi connectivity index (χ1n) is 20.9. The summed E-state index contributed by atoms with van der Waals surface area (Å²) in [5.74, 6) is -0.0230. The van der Waals surface area contributed by atoms with E-state index in [2.05, 4.69) is 22.5 Å². The van der Waals surface area contributed by atoms with Gasteiger partial charge in [-0.1, -0.05) is 19.8 Å². The van der Waals surface area contributed by atoms with Crippen LogP contribution in [-0.4, -0.2) is 231 Å². The molecule has 59 heavy (non-hydrogen) atoms. The third-order valence-corrected chi connectivity index (χ3v) is 9.80. The third kappa shape index (κ3) is 22.3. The molecule has 4 unspecified atom stereocenters. The van der Waals surface area contributed by atoms with Gasteiger partial charge in [0.15, 0.2) is 12.6 Å². The predicted octanol–water partition coefficient (Wildman–Crippen LogP) is -3.64. The summed E-state index contributed by atoms with van der Waals surface area (Å²) in [7, 11) is 0. The lowest BCUT2D eigenvalue weighted by atomic mass is 9.99. The van der Waals surface area contributed by atoms with Crippen LogP contribution in [0.2, 0.25) is 0 Å². The number of amides is 2. The molecule has 0 radical (unpaired) electrons. The molecular formula is C38H73N3O18. The number of nitrogens with zero attached hydrogens (tertiary/aromatic N) is 1. The van der Waals surface area contributed by atoms with Gasteiger partial charge in [-0.2, -0.15) is 0 Å². The molecule has 2 fully saturated rings. The van der Waals surface area contributed by atoms with Gasteiger partial charge in [-0.15, -0.1) is 0 Å². The number of carbonyl (C=O) groups excluding carboxylic acids is 2.